The molecule has 3 heteroatoms. The highest BCUT2D eigenvalue weighted by Crippen LogP contribution is 2.45. The van der Waals surface area contributed by atoms with E-state index < -0.39 is 0 Å². The van der Waals surface area contributed by atoms with Crippen LogP contribution in [0, 0.1) is 0 Å². The van der Waals surface area contributed by atoms with Crippen LogP contribution in [0.4, 0.5) is 5.69 Å². The van der Waals surface area contributed by atoms with Crippen molar-refractivity contribution in [3.05, 3.63) is 194 Å². The van der Waals surface area contributed by atoms with E-state index in [-0.39, 0.29) is 27.7 Å². The number of anilines is 1. The molecule has 308 valence electrons. The van der Waals surface area contributed by atoms with Crippen molar-refractivity contribution in [1.82, 2.24) is 0 Å². The summed E-state index contributed by atoms with van der Waals surface area (Å²) in [6.45, 7) is 25.9. The van der Waals surface area contributed by atoms with Crippen molar-refractivity contribution in [2.45, 2.75) is 130 Å². The van der Waals surface area contributed by atoms with Crippen molar-refractivity contribution in [2.24, 2.45) is 0 Å². The predicted octanol–water partition coefficient (Wildman–Crippen LogP) is 14.3. The average molecular weight is 786 g/mol. The molecule has 0 aliphatic rings. The molecule has 0 spiro atoms. The van der Waals surface area contributed by atoms with Gasteiger partial charge in [0.2, 0.25) is 0 Å². The van der Waals surface area contributed by atoms with Gasteiger partial charge in [0.1, 0.15) is 11.5 Å². The Bertz CT molecular complexity index is 2190. The number of hydrogen-bond donors (Lipinski definition) is 3. The Kier molecular flexibility index (Phi) is 12.3. The first kappa shape index (κ1) is 43.3. The van der Waals surface area contributed by atoms with Crippen LogP contribution in [0.25, 0.3) is 0 Å². The Labute approximate surface area is 355 Å². The van der Waals surface area contributed by atoms with Gasteiger partial charge in [-0.05, 0) is 144 Å². The largest absolute Gasteiger partial charge is 0.507 e. The zero-order chi connectivity index (χ0) is 42.9. The predicted molar refractivity (Wildman–Crippen MR) is 251 cm³/mol. The molecule has 6 rings (SSSR count). The molecule has 0 aromatic heterocycles. The SMILES string of the molecule is CC(C)(C)c1cc(C(Nc2ccc(Cc3ccc(Cc4ccc(Cc5ccccc5)cc4)cc3)cc2)c2cc(C(C)(C)C)c(O)c(C(C)(C)C)c2)cc(C(C)(C)C)c1O. The lowest BCUT2D eigenvalue weighted by molar-refractivity contribution is 0.422. The Morgan fingerprint density at radius 3 is 0.898 bits per heavy atom. The average Bonchev–Trinajstić information content (AvgIpc) is 3.15. The maximum Gasteiger partial charge on any atom is 0.123 e. The van der Waals surface area contributed by atoms with E-state index in [9.17, 15) is 10.2 Å². The molecule has 59 heavy (non-hydrogen) atoms. The molecule has 0 unspecified atom stereocenters. The minimum atomic E-state index is -0.277. The topological polar surface area (TPSA) is 52.5 Å². The summed E-state index contributed by atoms with van der Waals surface area (Å²) in [6.07, 6.45) is 2.72. The van der Waals surface area contributed by atoms with Crippen LogP contribution in [0.2, 0.25) is 0 Å². The Balaban J connectivity index is 1.28. The van der Waals surface area contributed by atoms with Crippen molar-refractivity contribution in [3.63, 3.8) is 0 Å². The molecule has 0 aliphatic carbocycles. The van der Waals surface area contributed by atoms with Gasteiger partial charge in [-0.1, -0.05) is 174 Å². The standard InChI is InChI=1S/C56H67NO2/c1-53(2,3)46-33-43(34-47(51(46)58)54(4,5)6)50(44-35-48(55(7,8)9)52(59)49(36-44)56(10,11)12)57-45-28-26-42(27-29-45)32-41-24-22-40(23-25-41)31-39-20-18-38(19-21-39)30-37-16-14-13-15-17-37/h13-29,33-36,50,57-59H,30-32H2,1-12H3. The molecule has 0 fully saturated rings. The van der Waals surface area contributed by atoms with Gasteiger partial charge in [-0.2, -0.15) is 0 Å². The molecule has 0 saturated heterocycles. The summed E-state index contributed by atoms with van der Waals surface area (Å²) >= 11 is 0. The fraction of sp³-hybridized carbons (Fsp3) is 0.357. The number of nitrogens with one attached hydrogen (secondary N) is 1. The minimum Gasteiger partial charge on any atom is -0.507 e. The highest BCUT2D eigenvalue weighted by molar-refractivity contribution is 5.59. The fourth-order valence-corrected chi connectivity index (χ4v) is 8.03. The molecule has 0 aliphatic heterocycles. The lowest BCUT2D eigenvalue weighted by Gasteiger charge is -2.33. The van der Waals surface area contributed by atoms with Crippen molar-refractivity contribution in [3.8, 4) is 11.5 Å². The number of rotatable bonds is 10. The molecule has 0 heterocycles. The third-order valence-electron chi connectivity index (χ3n) is 11.5. The third kappa shape index (κ3) is 10.7. The van der Waals surface area contributed by atoms with Gasteiger partial charge < -0.3 is 15.5 Å². The maximum absolute atomic E-state index is 11.7. The lowest BCUT2D eigenvalue weighted by atomic mass is 9.75. The highest BCUT2D eigenvalue weighted by Gasteiger charge is 2.32. The van der Waals surface area contributed by atoms with Crippen molar-refractivity contribution >= 4 is 5.69 Å². The number of phenols is 2. The molecule has 3 N–H and O–H groups in total. The summed E-state index contributed by atoms with van der Waals surface area (Å²) in [5.41, 5.74) is 13.6. The molecule has 6 aromatic carbocycles. The first-order chi connectivity index (χ1) is 27.6. The number of phenolic OH excluding ortho intramolecular Hbond substituents is 2. The van der Waals surface area contributed by atoms with E-state index in [0.717, 1.165) is 58.3 Å². The lowest BCUT2D eigenvalue weighted by Crippen LogP contribution is -2.22. The van der Waals surface area contributed by atoms with E-state index in [1.54, 1.807) is 0 Å². The fourth-order valence-electron chi connectivity index (χ4n) is 8.03. The summed E-state index contributed by atoms with van der Waals surface area (Å²) in [6, 6.07) is 46.0. The molecular formula is C56H67NO2. The van der Waals surface area contributed by atoms with Crippen LogP contribution in [0.1, 0.15) is 156 Å². The van der Waals surface area contributed by atoms with Gasteiger partial charge in [0.25, 0.3) is 0 Å². The molecule has 0 bridgehead atoms. The quantitative estimate of drug-likeness (QED) is 0.130. The Morgan fingerprint density at radius 1 is 0.373 bits per heavy atom. The Hall–Kier alpha value is -5.28. The van der Waals surface area contributed by atoms with Crippen LogP contribution in [0.15, 0.2) is 127 Å². The van der Waals surface area contributed by atoms with E-state index >= 15 is 0 Å². The van der Waals surface area contributed by atoms with E-state index in [0.29, 0.717) is 11.5 Å². The van der Waals surface area contributed by atoms with Gasteiger partial charge >= 0.3 is 0 Å². The van der Waals surface area contributed by atoms with E-state index in [2.05, 4.69) is 216 Å². The monoisotopic (exact) mass is 786 g/mol. The normalized spacial score (nSPS) is 12.6. The first-order valence-electron chi connectivity index (χ1n) is 21.4. The number of aromatic hydroxyl groups is 2. The summed E-state index contributed by atoms with van der Waals surface area (Å²) in [7, 11) is 0. The number of benzene rings is 6. The first-order valence-corrected chi connectivity index (χ1v) is 21.4. The summed E-state index contributed by atoms with van der Waals surface area (Å²) in [4.78, 5) is 0. The van der Waals surface area contributed by atoms with Gasteiger partial charge in [0.15, 0.2) is 0 Å². The van der Waals surface area contributed by atoms with Crippen LogP contribution in [-0.2, 0) is 40.9 Å². The summed E-state index contributed by atoms with van der Waals surface area (Å²) in [5.74, 6) is 0.740. The van der Waals surface area contributed by atoms with Gasteiger partial charge in [0, 0.05) is 5.69 Å². The molecule has 6 aromatic rings. The molecule has 0 atom stereocenters. The van der Waals surface area contributed by atoms with Gasteiger partial charge in [-0.3, -0.25) is 0 Å². The third-order valence-corrected chi connectivity index (χ3v) is 11.5. The van der Waals surface area contributed by atoms with Gasteiger partial charge in [-0.25, -0.2) is 0 Å². The molecular weight excluding hydrogens is 719 g/mol. The van der Waals surface area contributed by atoms with Crippen LogP contribution in [-0.4, -0.2) is 10.2 Å². The molecule has 0 radical (unpaired) electrons. The maximum atomic E-state index is 11.7. The second kappa shape index (κ2) is 16.8. The number of hydrogen-bond acceptors (Lipinski definition) is 3. The smallest absolute Gasteiger partial charge is 0.123 e. The van der Waals surface area contributed by atoms with Crippen LogP contribution in [0.5, 0.6) is 11.5 Å². The Morgan fingerprint density at radius 2 is 0.627 bits per heavy atom. The van der Waals surface area contributed by atoms with Crippen molar-refractivity contribution in [1.29, 1.82) is 0 Å². The molecule has 3 nitrogen and oxygen atoms in total. The van der Waals surface area contributed by atoms with E-state index in [1.165, 1.54) is 33.4 Å². The molecule has 0 saturated carbocycles. The van der Waals surface area contributed by atoms with Crippen LogP contribution >= 0.6 is 0 Å². The highest BCUT2D eigenvalue weighted by atomic mass is 16.3. The van der Waals surface area contributed by atoms with Crippen molar-refractivity contribution < 1.29 is 10.2 Å². The van der Waals surface area contributed by atoms with Crippen LogP contribution in [0.3, 0.4) is 0 Å². The van der Waals surface area contributed by atoms with Crippen LogP contribution < -0.4 is 5.32 Å². The van der Waals surface area contributed by atoms with Crippen molar-refractivity contribution in [2.75, 3.05) is 5.32 Å². The zero-order valence-corrected chi connectivity index (χ0v) is 37.7. The molecule has 0 amide bonds. The van der Waals surface area contributed by atoms with Gasteiger partial charge in [-0.15, -0.1) is 0 Å². The van der Waals surface area contributed by atoms with E-state index in [4.69, 9.17) is 0 Å². The van der Waals surface area contributed by atoms with E-state index in [1.807, 2.05) is 0 Å². The second-order valence-corrected chi connectivity index (χ2v) is 20.9. The zero-order valence-electron chi connectivity index (χ0n) is 37.7. The summed E-state index contributed by atoms with van der Waals surface area (Å²) in [5, 5.41) is 27.3. The van der Waals surface area contributed by atoms with Gasteiger partial charge in [0.05, 0.1) is 6.04 Å². The summed E-state index contributed by atoms with van der Waals surface area (Å²) < 4.78 is 0. The second-order valence-electron chi connectivity index (χ2n) is 20.9. The minimum absolute atomic E-state index is 0.251.